The molecule has 7 fully saturated rings. The highest BCUT2D eigenvalue weighted by atomic mass is 16.7. The molecule has 0 radical (unpaired) electrons. The lowest BCUT2D eigenvalue weighted by molar-refractivity contribution is -0.336. The third-order valence-corrected chi connectivity index (χ3v) is 16.0. The Kier molecular flexibility index (Phi) is 11.7. The van der Waals surface area contributed by atoms with E-state index in [2.05, 4.69) is 13.8 Å². The Morgan fingerprint density at radius 1 is 0.754 bits per heavy atom. The van der Waals surface area contributed by atoms with Crippen molar-refractivity contribution in [2.45, 2.75) is 197 Å². The summed E-state index contributed by atoms with van der Waals surface area (Å²) in [6.45, 7) is 10.4. The van der Waals surface area contributed by atoms with Gasteiger partial charge in [0.1, 0.15) is 31.0 Å². The molecule has 21 atom stereocenters. The maximum Gasteiger partial charge on any atom is 0.331 e. The third-order valence-electron chi connectivity index (χ3n) is 16.0. The maximum atomic E-state index is 12.8. The molecule has 15 nitrogen and oxygen atoms in total. The fraction of sp³-hybridized carbons (Fsp3) is 0.905. The van der Waals surface area contributed by atoms with Gasteiger partial charge in [-0.3, -0.25) is 4.79 Å². The second-order valence-electron chi connectivity index (χ2n) is 19.1. The average molecular weight is 809 g/mol. The van der Waals surface area contributed by atoms with Crippen LogP contribution in [0.25, 0.3) is 0 Å². The van der Waals surface area contributed by atoms with Gasteiger partial charge in [0, 0.05) is 43.1 Å². The van der Waals surface area contributed by atoms with Gasteiger partial charge in [-0.05, 0) is 94.5 Å². The molecule has 5 N–H and O–H groups in total. The van der Waals surface area contributed by atoms with E-state index in [1.807, 2.05) is 6.92 Å². The molecule has 57 heavy (non-hydrogen) atoms. The van der Waals surface area contributed by atoms with Crippen molar-refractivity contribution < 1.29 is 73.0 Å². The topological polar surface area (TPSA) is 209 Å². The molecule has 0 amide bonds. The molecule has 4 saturated carbocycles. The van der Waals surface area contributed by atoms with E-state index in [1.54, 1.807) is 13.8 Å². The molecular weight excluding hydrogens is 744 g/mol. The number of aliphatic hydroxyl groups is 5. The number of carbonyl (C=O) groups excluding carboxylic acids is 2. The number of rotatable bonds is 9. The van der Waals surface area contributed by atoms with E-state index in [4.69, 9.17) is 37.9 Å². The van der Waals surface area contributed by atoms with Gasteiger partial charge in [-0.15, -0.1) is 0 Å². The molecule has 0 bridgehead atoms. The number of aliphatic hydroxyl groups excluding tert-OH is 4. The number of carbonyl (C=O) groups is 2. The number of cyclic esters (lactones) is 1. The number of ether oxygens (including phenoxy) is 8. The van der Waals surface area contributed by atoms with Gasteiger partial charge in [0.25, 0.3) is 6.47 Å². The van der Waals surface area contributed by atoms with E-state index >= 15 is 0 Å². The fourth-order valence-electron chi connectivity index (χ4n) is 13.0. The van der Waals surface area contributed by atoms with Crippen molar-refractivity contribution in [1.29, 1.82) is 0 Å². The highest BCUT2D eigenvalue weighted by Gasteiger charge is 2.71. The second kappa shape index (κ2) is 15.9. The predicted octanol–water partition coefficient (Wildman–Crippen LogP) is 2.40. The quantitative estimate of drug-likeness (QED) is 0.129. The summed E-state index contributed by atoms with van der Waals surface area (Å²) in [4.78, 5) is 23.7. The average Bonchev–Trinajstić information content (AvgIpc) is 3.67. The molecular formula is C42H64O15. The molecule has 4 aliphatic heterocycles. The normalized spacial score (nSPS) is 53.9. The zero-order valence-corrected chi connectivity index (χ0v) is 33.9. The molecule has 0 aromatic heterocycles. The molecule has 0 aromatic rings. The van der Waals surface area contributed by atoms with E-state index in [0.717, 1.165) is 50.5 Å². The Labute approximate surface area is 334 Å². The predicted molar refractivity (Wildman–Crippen MR) is 198 cm³/mol. The summed E-state index contributed by atoms with van der Waals surface area (Å²) in [7, 11) is 0. The number of fused-ring (bicyclic) bond motifs is 5. The molecule has 8 aliphatic rings. The van der Waals surface area contributed by atoms with Gasteiger partial charge in [0.15, 0.2) is 18.9 Å². The minimum absolute atomic E-state index is 0.00114. The van der Waals surface area contributed by atoms with Crippen molar-refractivity contribution in [2.24, 2.45) is 34.5 Å². The van der Waals surface area contributed by atoms with Gasteiger partial charge in [0.2, 0.25) is 0 Å². The smallest absolute Gasteiger partial charge is 0.331 e. The van der Waals surface area contributed by atoms with Crippen LogP contribution in [0.2, 0.25) is 0 Å². The van der Waals surface area contributed by atoms with Crippen LogP contribution in [0.15, 0.2) is 11.6 Å². The van der Waals surface area contributed by atoms with Crippen LogP contribution in [0, 0.1) is 34.5 Å². The standard InChI is InChI=1S/C42H64O15/c1-20-37(48)28(44)14-34(52-20)56-39-22(3)54-35(16-30(39)46)57-38-21(2)53-33(15-29(38)45)55-25-8-10-40(4)24(13-25)6-7-27-26(40)9-11-41(5)36(23-12-32(47)50-18-23)31(51-19-43)17-42(27,41)49/h12,19-22,24-31,33-39,44-46,48-49H,6-11,13-18H2,1-5H3/t20-,21-,22-,24-,25+,26+,27-,28+,29+,30+,31?,33+,34+,35+,36+,37-,38-,39-,40+,41-,42+/m1/s1. The van der Waals surface area contributed by atoms with Crippen LogP contribution in [0.4, 0.5) is 0 Å². The minimum atomic E-state index is -1.05. The lowest BCUT2D eigenvalue weighted by Crippen LogP contribution is -2.62. The summed E-state index contributed by atoms with van der Waals surface area (Å²) in [6, 6.07) is 0. The molecule has 0 spiro atoms. The Morgan fingerprint density at radius 2 is 1.37 bits per heavy atom. The molecule has 15 heteroatoms. The first kappa shape index (κ1) is 42.0. The Balaban J connectivity index is 0.844. The molecule has 4 aliphatic carbocycles. The molecule has 3 saturated heterocycles. The van der Waals surface area contributed by atoms with Crippen molar-refractivity contribution in [1.82, 2.24) is 0 Å². The largest absolute Gasteiger partial charge is 0.464 e. The zero-order valence-electron chi connectivity index (χ0n) is 33.9. The number of hydrogen-bond donors (Lipinski definition) is 5. The highest BCUT2D eigenvalue weighted by Crippen LogP contribution is 2.70. The van der Waals surface area contributed by atoms with Crippen LogP contribution < -0.4 is 0 Å². The minimum Gasteiger partial charge on any atom is -0.464 e. The van der Waals surface area contributed by atoms with E-state index < -0.39 is 90.9 Å². The Bertz CT molecular complexity index is 1470. The van der Waals surface area contributed by atoms with Gasteiger partial charge in [0.05, 0.1) is 48.3 Å². The zero-order chi connectivity index (χ0) is 40.6. The number of hydrogen-bond acceptors (Lipinski definition) is 15. The summed E-state index contributed by atoms with van der Waals surface area (Å²) >= 11 is 0. The first-order valence-electron chi connectivity index (χ1n) is 21.4. The van der Waals surface area contributed by atoms with Crippen LogP contribution >= 0.6 is 0 Å². The fourth-order valence-corrected chi connectivity index (χ4v) is 13.0. The van der Waals surface area contributed by atoms with E-state index in [0.29, 0.717) is 24.7 Å². The van der Waals surface area contributed by atoms with Gasteiger partial charge < -0.3 is 63.4 Å². The van der Waals surface area contributed by atoms with Crippen LogP contribution in [0.3, 0.4) is 0 Å². The van der Waals surface area contributed by atoms with Crippen molar-refractivity contribution in [2.75, 3.05) is 6.61 Å². The summed E-state index contributed by atoms with van der Waals surface area (Å²) in [5.74, 6) is 0.0703. The lowest BCUT2D eigenvalue weighted by Gasteiger charge is -2.63. The van der Waals surface area contributed by atoms with Gasteiger partial charge in [-0.2, -0.15) is 0 Å². The van der Waals surface area contributed by atoms with Gasteiger partial charge in [-0.1, -0.05) is 13.8 Å². The molecule has 322 valence electrons. The monoisotopic (exact) mass is 808 g/mol. The maximum absolute atomic E-state index is 12.8. The van der Waals surface area contributed by atoms with E-state index in [-0.39, 0.29) is 55.2 Å². The van der Waals surface area contributed by atoms with Gasteiger partial charge in [-0.25, -0.2) is 4.79 Å². The SMILES string of the molecule is C[C@H]1O[C@@H](O[C@H]2[C@@H](O)C[C@H](O[C@H]3[C@@H](O)C[C@H](O[C@H]4CC[C@@]5(C)[C@H](CC[C@@H]6[C@@H]5CC[C@]5(C)[C@@H](C7=CC(=O)OC7)C(OC=O)C[C@]65O)C4)O[C@@H]3C)O[C@@H]2C)C[C@H](O)[C@@H]1O. The second-order valence-corrected chi connectivity index (χ2v) is 19.1. The summed E-state index contributed by atoms with van der Waals surface area (Å²) in [5, 5.41) is 55.2. The van der Waals surface area contributed by atoms with Gasteiger partial charge >= 0.3 is 5.97 Å². The summed E-state index contributed by atoms with van der Waals surface area (Å²) in [5.41, 5.74) is -0.790. The van der Waals surface area contributed by atoms with Crippen molar-refractivity contribution >= 4 is 12.4 Å². The number of esters is 1. The lowest BCUT2D eigenvalue weighted by atomic mass is 9.43. The van der Waals surface area contributed by atoms with Crippen molar-refractivity contribution in [3.8, 4) is 0 Å². The molecule has 0 aromatic carbocycles. The summed E-state index contributed by atoms with van der Waals surface area (Å²) in [6.07, 6.45) is -1.35. The van der Waals surface area contributed by atoms with E-state index in [9.17, 15) is 35.1 Å². The highest BCUT2D eigenvalue weighted by molar-refractivity contribution is 5.85. The van der Waals surface area contributed by atoms with Crippen LogP contribution in [0.5, 0.6) is 0 Å². The molecule has 8 rings (SSSR count). The van der Waals surface area contributed by atoms with Crippen LogP contribution in [0.1, 0.15) is 105 Å². The Morgan fingerprint density at radius 3 is 1.95 bits per heavy atom. The molecule has 4 heterocycles. The van der Waals surface area contributed by atoms with Crippen molar-refractivity contribution in [3.05, 3.63) is 11.6 Å². The van der Waals surface area contributed by atoms with Crippen LogP contribution in [-0.4, -0.2) is 136 Å². The summed E-state index contributed by atoms with van der Waals surface area (Å²) < 4.78 is 47.8. The van der Waals surface area contributed by atoms with Crippen molar-refractivity contribution in [3.63, 3.8) is 0 Å². The first-order chi connectivity index (χ1) is 27.0. The molecule has 1 unspecified atom stereocenters. The Hall–Kier alpha value is -1.76. The first-order valence-corrected chi connectivity index (χ1v) is 21.4. The van der Waals surface area contributed by atoms with Crippen LogP contribution in [-0.2, 0) is 47.5 Å². The van der Waals surface area contributed by atoms with E-state index in [1.165, 1.54) is 6.08 Å². The third kappa shape index (κ3) is 7.42.